The maximum absolute atomic E-state index is 4.46. The molecule has 0 aliphatic carbocycles. The third kappa shape index (κ3) is 2.89. The summed E-state index contributed by atoms with van der Waals surface area (Å²) in [6.07, 6.45) is 7.28. The van der Waals surface area contributed by atoms with Gasteiger partial charge in [0.2, 0.25) is 0 Å². The van der Waals surface area contributed by atoms with E-state index >= 15 is 0 Å². The Hall–Kier alpha value is -1.97. The van der Waals surface area contributed by atoms with Crippen LogP contribution in [0.2, 0.25) is 0 Å². The van der Waals surface area contributed by atoms with Gasteiger partial charge < -0.3 is 5.32 Å². The van der Waals surface area contributed by atoms with Gasteiger partial charge >= 0.3 is 0 Å². The highest BCUT2D eigenvalue weighted by Gasteiger charge is 2.12. The number of nitrogens with zero attached hydrogens (tertiary/aromatic N) is 3. The predicted molar refractivity (Wildman–Crippen MR) is 78.2 cm³/mol. The Labute approximate surface area is 114 Å². The topological polar surface area (TPSA) is 50.7 Å². The molecule has 0 spiro atoms. The van der Waals surface area contributed by atoms with E-state index < -0.39 is 0 Å². The lowest BCUT2D eigenvalue weighted by molar-refractivity contribution is 0.949. The molecule has 0 bridgehead atoms. The average Bonchev–Trinajstić information content (AvgIpc) is 2.45. The second kappa shape index (κ2) is 6.27. The number of anilines is 1. The minimum Gasteiger partial charge on any atom is -0.370 e. The Balaban J connectivity index is 2.49. The van der Waals surface area contributed by atoms with Gasteiger partial charge in [-0.05, 0) is 31.4 Å². The Bertz CT molecular complexity index is 552. The SMILES string of the molecule is CCCNc1ncnc(-c2cnccc2C)c1CC. The highest BCUT2D eigenvalue weighted by Crippen LogP contribution is 2.27. The van der Waals surface area contributed by atoms with Crippen LogP contribution in [0.15, 0.2) is 24.8 Å². The summed E-state index contributed by atoms with van der Waals surface area (Å²) in [5.41, 5.74) is 4.42. The normalized spacial score (nSPS) is 10.5. The standard InChI is InChI=1S/C15H20N4/c1-4-7-17-15-12(5-2)14(18-10-19-15)13-9-16-8-6-11(13)3/h6,8-10H,4-5,7H2,1-3H3,(H,17,18,19). The molecule has 0 saturated heterocycles. The third-order valence-electron chi connectivity index (χ3n) is 3.14. The van der Waals surface area contributed by atoms with Crippen LogP contribution in [0.1, 0.15) is 31.4 Å². The van der Waals surface area contributed by atoms with Gasteiger partial charge in [-0.1, -0.05) is 13.8 Å². The summed E-state index contributed by atoms with van der Waals surface area (Å²) >= 11 is 0. The zero-order valence-corrected chi connectivity index (χ0v) is 11.8. The molecule has 2 heterocycles. The van der Waals surface area contributed by atoms with Crippen molar-refractivity contribution in [1.29, 1.82) is 0 Å². The number of pyridine rings is 1. The molecule has 19 heavy (non-hydrogen) atoms. The number of aryl methyl sites for hydroxylation is 1. The van der Waals surface area contributed by atoms with Gasteiger partial charge in [0, 0.05) is 30.1 Å². The lowest BCUT2D eigenvalue weighted by atomic mass is 10.0. The first-order valence-corrected chi connectivity index (χ1v) is 6.76. The summed E-state index contributed by atoms with van der Waals surface area (Å²) < 4.78 is 0. The van der Waals surface area contributed by atoms with Crippen molar-refractivity contribution < 1.29 is 0 Å². The van der Waals surface area contributed by atoms with E-state index in [1.54, 1.807) is 6.33 Å². The first-order chi connectivity index (χ1) is 9.27. The zero-order chi connectivity index (χ0) is 13.7. The summed E-state index contributed by atoms with van der Waals surface area (Å²) in [4.78, 5) is 13.0. The molecule has 0 aromatic carbocycles. The first kappa shape index (κ1) is 13.5. The summed E-state index contributed by atoms with van der Waals surface area (Å²) in [5, 5.41) is 3.37. The van der Waals surface area contributed by atoms with Crippen molar-refractivity contribution >= 4 is 5.82 Å². The third-order valence-corrected chi connectivity index (χ3v) is 3.14. The van der Waals surface area contributed by atoms with Crippen LogP contribution in [0, 0.1) is 6.92 Å². The fourth-order valence-electron chi connectivity index (χ4n) is 2.09. The molecule has 1 N–H and O–H groups in total. The molecule has 0 radical (unpaired) electrons. The van der Waals surface area contributed by atoms with Crippen LogP contribution in [-0.4, -0.2) is 21.5 Å². The van der Waals surface area contributed by atoms with Gasteiger partial charge in [0.25, 0.3) is 0 Å². The van der Waals surface area contributed by atoms with Crippen LogP contribution in [0.4, 0.5) is 5.82 Å². The lowest BCUT2D eigenvalue weighted by Crippen LogP contribution is -2.07. The fraction of sp³-hybridized carbons (Fsp3) is 0.400. The molecule has 2 aromatic heterocycles. The molecule has 4 heteroatoms. The van der Waals surface area contributed by atoms with Gasteiger partial charge in [-0.25, -0.2) is 9.97 Å². The number of aromatic nitrogens is 3. The lowest BCUT2D eigenvalue weighted by Gasteiger charge is -2.13. The molecule has 0 amide bonds. The van der Waals surface area contributed by atoms with E-state index in [0.717, 1.165) is 42.0 Å². The molecule has 0 saturated carbocycles. The van der Waals surface area contributed by atoms with Crippen molar-refractivity contribution in [2.45, 2.75) is 33.6 Å². The number of nitrogens with one attached hydrogen (secondary N) is 1. The Morgan fingerprint density at radius 3 is 2.74 bits per heavy atom. The van der Waals surface area contributed by atoms with Crippen molar-refractivity contribution in [2.75, 3.05) is 11.9 Å². The second-order valence-electron chi connectivity index (χ2n) is 4.52. The Morgan fingerprint density at radius 2 is 2.05 bits per heavy atom. The first-order valence-electron chi connectivity index (χ1n) is 6.76. The van der Waals surface area contributed by atoms with Gasteiger partial charge in [0.05, 0.1) is 5.69 Å². The highest BCUT2D eigenvalue weighted by atomic mass is 15.0. The van der Waals surface area contributed by atoms with E-state index in [9.17, 15) is 0 Å². The van der Waals surface area contributed by atoms with E-state index in [1.807, 2.05) is 18.5 Å². The maximum Gasteiger partial charge on any atom is 0.133 e. The minimum absolute atomic E-state index is 0.899. The van der Waals surface area contributed by atoms with E-state index in [2.05, 4.69) is 41.0 Å². The summed E-state index contributed by atoms with van der Waals surface area (Å²) in [6, 6.07) is 2.01. The summed E-state index contributed by atoms with van der Waals surface area (Å²) in [5.74, 6) is 0.942. The molecule has 0 atom stereocenters. The number of rotatable bonds is 5. The van der Waals surface area contributed by atoms with Crippen LogP contribution >= 0.6 is 0 Å². The van der Waals surface area contributed by atoms with Crippen molar-refractivity contribution in [3.63, 3.8) is 0 Å². The van der Waals surface area contributed by atoms with Gasteiger partial charge in [-0.15, -0.1) is 0 Å². The second-order valence-corrected chi connectivity index (χ2v) is 4.52. The van der Waals surface area contributed by atoms with Gasteiger partial charge in [-0.3, -0.25) is 4.98 Å². The highest BCUT2D eigenvalue weighted by molar-refractivity contribution is 5.70. The molecule has 100 valence electrons. The maximum atomic E-state index is 4.46. The molecule has 2 aromatic rings. The van der Waals surface area contributed by atoms with Crippen LogP contribution in [-0.2, 0) is 6.42 Å². The molecule has 0 aliphatic rings. The van der Waals surface area contributed by atoms with E-state index in [4.69, 9.17) is 0 Å². The molecule has 0 fully saturated rings. The average molecular weight is 256 g/mol. The largest absolute Gasteiger partial charge is 0.370 e. The zero-order valence-electron chi connectivity index (χ0n) is 11.8. The molecule has 2 rings (SSSR count). The van der Waals surface area contributed by atoms with E-state index in [-0.39, 0.29) is 0 Å². The summed E-state index contributed by atoms with van der Waals surface area (Å²) in [6.45, 7) is 7.28. The minimum atomic E-state index is 0.899. The van der Waals surface area contributed by atoms with Crippen LogP contribution in [0.5, 0.6) is 0 Å². The van der Waals surface area contributed by atoms with Crippen molar-refractivity contribution in [1.82, 2.24) is 15.0 Å². The van der Waals surface area contributed by atoms with Crippen molar-refractivity contribution in [3.8, 4) is 11.3 Å². The van der Waals surface area contributed by atoms with Crippen molar-refractivity contribution in [2.24, 2.45) is 0 Å². The molecule has 0 aliphatic heterocycles. The van der Waals surface area contributed by atoms with Gasteiger partial charge in [-0.2, -0.15) is 0 Å². The van der Waals surface area contributed by atoms with Crippen LogP contribution < -0.4 is 5.32 Å². The molecular formula is C15H20N4. The molecule has 4 nitrogen and oxygen atoms in total. The van der Waals surface area contributed by atoms with Crippen molar-refractivity contribution in [3.05, 3.63) is 35.9 Å². The molecular weight excluding hydrogens is 236 g/mol. The monoisotopic (exact) mass is 256 g/mol. The Kier molecular flexibility index (Phi) is 4.44. The van der Waals surface area contributed by atoms with E-state index in [1.165, 1.54) is 5.56 Å². The number of hydrogen-bond acceptors (Lipinski definition) is 4. The Morgan fingerprint density at radius 1 is 1.21 bits per heavy atom. The number of hydrogen-bond donors (Lipinski definition) is 1. The van der Waals surface area contributed by atoms with Crippen LogP contribution in [0.3, 0.4) is 0 Å². The summed E-state index contributed by atoms with van der Waals surface area (Å²) in [7, 11) is 0. The quantitative estimate of drug-likeness (QED) is 0.892. The smallest absolute Gasteiger partial charge is 0.133 e. The van der Waals surface area contributed by atoms with Gasteiger partial charge in [0.1, 0.15) is 12.1 Å². The fourth-order valence-corrected chi connectivity index (χ4v) is 2.09. The molecule has 0 unspecified atom stereocenters. The predicted octanol–water partition coefficient (Wildman–Crippen LogP) is 3.23. The van der Waals surface area contributed by atoms with E-state index in [0.29, 0.717) is 0 Å². The van der Waals surface area contributed by atoms with Gasteiger partial charge in [0.15, 0.2) is 0 Å². The van der Waals surface area contributed by atoms with Crippen LogP contribution in [0.25, 0.3) is 11.3 Å².